The van der Waals surface area contributed by atoms with Crippen molar-refractivity contribution < 1.29 is 19.4 Å². The summed E-state index contributed by atoms with van der Waals surface area (Å²) in [5.74, 6) is -1.74. The number of aliphatic carboxylic acids is 1. The maximum Gasteiger partial charge on any atom is 0.338 e. The van der Waals surface area contributed by atoms with Gasteiger partial charge in [0.1, 0.15) is 0 Å². The van der Waals surface area contributed by atoms with Crippen molar-refractivity contribution in [3.8, 4) is 0 Å². The predicted octanol–water partition coefficient (Wildman–Crippen LogP) is 4.72. The molecule has 0 radical (unpaired) electrons. The second kappa shape index (κ2) is 9.03. The Morgan fingerprint density at radius 1 is 0.900 bits per heavy atom. The van der Waals surface area contributed by atoms with Gasteiger partial charge >= 0.3 is 11.9 Å². The third-order valence-electron chi connectivity index (χ3n) is 6.72. The summed E-state index contributed by atoms with van der Waals surface area (Å²) in [6.45, 7) is 0. The maximum absolute atomic E-state index is 12.6. The highest BCUT2D eigenvalue weighted by atomic mass is 16.5. The topological polar surface area (TPSA) is 63.6 Å². The molecule has 158 valence electrons. The second-order valence-corrected chi connectivity index (χ2v) is 8.69. The number of carbonyl (C=O) groups is 2. The van der Waals surface area contributed by atoms with E-state index >= 15 is 0 Å². The van der Waals surface area contributed by atoms with Gasteiger partial charge in [0.15, 0.2) is 0 Å². The molecule has 0 fully saturated rings. The molecule has 1 atom stereocenters. The number of carbonyl (C=O) groups excluding carboxylic acids is 1. The summed E-state index contributed by atoms with van der Waals surface area (Å²) in [4.78, 5) is 24.7. The number of methoxy groups -OCH3 is 1. The molecule has 0 unspecified atom stereocenters. The normalized spacial score (nSPS) is 16.3. The van der Waals surface area contributed by atoms with E-state index in [0.717, 1.165) is 55.2 Å². The Morgan fingerprint density at radius 3 is 2.30 bits per heavy atom. The molecule has 4 rings (SSSR count). The molecule has 30 heavy (non-hydrogen) atoms. The highest BCUT2D eigenvalue weighted by molar-refractivity contribution is 5.93. The van der Waals surface area contributed by atoms with E-state index in [1.165, 1.54) is 36.6 Å². The van der Waals surface area contributed by atoms with Gasteiger partial charge < -0.3 is 9.84 Å². The number of hydrogen-bond acceptors (Lipinski definition) is 3. The summed E-state index contributed by atoms with van der Waals surface area (Å²) in [5, 5.41) is 9.94. The lowest BCUT2D eigenvalue weighted by Crippen LogP contribution is -2.22. The zero-order valence-electron chi connectivity index (χ0n) is 17.7. The van der Waals surface area contributed by atoms with E-state index in [1.807, 2.05) is 6.07 Å². The molecule has 0 saturated carbocycles. The van der Waals surface area contributed by atoms with Crippen LogP contribution in [0.3, 0.4) is 0 Å². The van der Waals surface area contributed by atoms with Crippen molar-refractivity contribution in [1.82, 2.24) is 0 Å². The summed E-state index contributed by atoms with van der Waals surface area (Å²) < 4.78 is 5.08. The van der Waals surface area contributed by atoms with Crippen LogP contribution in [0.4, 0.5) is 0 Å². The van der Waals surface area contributed by atoms with Crippen molar-refractivity contribution in [2.45, 2.75) is 64.2 Å². The first-order chi connectivity index (χ1) is 14.6. The van der Waals surface area contributed by atoms with E-state index < -0.39 is 11.9 Å². The van der Waals surface area contributed by atoms with Crippen molar-refractivity contribution in [1.29, 1.82) is 0 Å². The Kier molecular flexibility index (Phi) is 6.21. The van der Waals surface area contributed by atoms with Gasteiger partial charge in [-0.15, -0.1) is 0 Å². The Bertz CT molecular complexity index is 960. The minimum Gasteiger partial charge on any atom is -0.481 e. The van der Waals surface area contributed by atoms with Crippen LogP contribution in [0.25, 0.3) is 0 Å². The molecule has 0 heterocycles. The molecule has 2 aromatic rings. The maximum atomic E-state index is 12.6. The molecule has 0 amide bonds. The summed E-state index contributed by atoms with van der Waals surface area (Å²) in [7, 11) is 1.40. The van der Waals surface area contributed by atoms with E-state index in [2.05, 4.69) is 24.3 Å². The number of fused-ring (bicyclic) bond motifs is 2. The van der Waals surface area contributed by atoms with Crippen LogP contribution in [-0.2, 0) is 48.1 Å². The molecule has 0 spiro atoms. The minimum absolute atomic E-state index is 0.337. The summed E-state index contributed by atoms with van der Waals surface area (Å²) in [6, 6.07) is 10.5. The van der Waals surface area contributed by atoms with Crippen LogP contribution in [0.5, 0.6) is 0 Å². The lowest BCUT2D eigenvalue weighted by Gasteiger charge is -2.23. The molecular formula is C26H30O4. The summed E-state index contributed by atoms with van der Waals surface area (Å²) in [6.07, 6.45) is 9.46. The Labute approximate surface area is 178 Å². The second-order valence-electron chi connectivity index (χ2n) is 8.69. The van der Waals surface area contributed by atoms with Crippen LogP contribution in [0.1, 0.15) is 69.4 Å². The fraction of sp³-hybridized carbons (Fsp3) is 0.462. The average molecular weight is 407 g/mol. The zero-order chi connectivity index (χ0) is 21.1. The van der Waals surface area contributed by atoms with Crippen LogP contribution in [-0.4, -0.2) is 24.2 Å². The molecule has 1 N–H and O–H groups in total. The minimum atomic E-state index is -0.818. The fourth-order valence-corrected chi connectivity index (χ4v) is 5.11. The fourth-order valence-electron chi connectivity index (χ4n) is 5.11. The number of benzene rings is 2. The number of ether oxygens (including phenoxy) is 1. The molecule has 0 saturated heterocycles. The molecule has 0 bridgehead atoms. The number of hydrogen-bond donors (Lipinski definition) is 1. The third-order valence-corrected chi connectivity index (χ3v) is 6.72. The number of rotatable bonds is 6. The van der Waals surface area contributed by atoms with Crippen LogP contribution >= 0.6 is 0 Å². The van der Waals surface area contributed by atoms with Crippen molar-refractivity contribution in [3.63, 3.8) is 0 Å². The highest BCUT2D eigenvalue weighted by Gasteiger charge is 2.26. The van der Waals surface area contributed by atoms with Gasteiger partial charge in [0.05, 0.1) is 18.6 Å². The van der Waals surface area contributed by atoms with Gasteiger partial charge in [0, 0.05) is 0 Å². The number of carboxylic acids is 1. The van der Waals surface area contributed by atoms with Crippen LogP contribution < -0.4 is 0 Å². The molecule has 4 nitrogen and oxygen atoms in total. The van der Waals surface area contributed by atoms with Gasteiger partial charge in [-0.3, -0.25) is 4.79 Å². The van der Waals surface area contributed by atoms with E-state index in [4.69, 9.17) is 4.74 Å². The van der Waals surface area contributed by atoms with Crippen LogP contribution in [0, 0.1) is 5.92 Å². The van der Waals surface area contributed by atoms with E-state index in [0.29, 0.717) is 18.4 Å². The van der Waals surface area contributed by atoms with Crippen molar-refractivity contribution in [2.75, 3.05) is 7.11 Å². The Hall–Kier alpha value is -2.62. The van der Waals surface area contributed by atoms with E-state index in [-0.39, 0.29) is 5.97 Å². The van der Waals surface area contributed by atoms with Crippen LogP contribution in [0.15, 0.2) is 30.3 Å². The predicted molar refractivity (Wildman–Crippen MR) is 116 cm³/mol. The molecule has 2 aliphatic rings. The van der Waals surface area contributed by atoms with Crippen molar-refractivity contribution in [2.24, 2.45) is 5.92 Å². The monoisotopic (exact) mass is 406 g/mol. The van der Waals surface area contributed by atoms with Crippen molar-refractivity contribution in [3.05, 3.63) is 69.3 Å². The first kappa shape index (κ1) is 20.6. The summed E-state index contributed by atoms with van der Waals surface area (Å²) in [5.41, 5.74) is 7.50. The zero-order valence-corrected chi connectivity index (χ0v) is 17.7. The van der Waals surface area contributed by atoms with Gasteiger partial charge in [-0.1, -0.05) is 30.3 Å². The van der Waals surface area contributed by atoms with Gasteiger partial charge in [-0.05, 0) is 97.6 Å². The number of esters is 1. The number of carboxylic acid groups (broad SMARTS) is 1. The average Bonchev–Trinajstić information content (AvgIpc) is 2.77. The molecule has 0 aliphatic heterocycles. The van der Waals surface area contributed by atoms with Crippen molar-refractivity contribution >= 4 is 11.9 Å². The molecular weight excluding hydrogens is 376 g/mol. The van der Waals surface area contributed by atoms with Crippen LogP contribution in [0.2, 0.25) is 0 Å². The smallest absolute Gasteiger partial charge is 0.338 e. The molecule has 2 aliphatic carbocycles. The van der Waals surface area contributed by atoms with Gasteiger partial charge in [0.25, 0.3) is 0 Å². The number of aryl methyl sites for hydroxylation is 3. The third kappa shape index (κ3) is 4.28. The van der Waals surface area contributed by atoms with Gasteiger partial charge in [0.2, 0.25) is 0 Å². The Balaban J connectivity index is 1.62. The van der Waals surface area contributed by atoms with E-state index in [9.17, 15) is 14.7 Å². The first-order valence-corrected chi connectivity index (χ1v) is 11.1. The highest BCUT2D eigenvalue weighted by Crippen LogP contribution is 2.30. The van der Waals surface area contributed by atoms with Gasteiger partial charge in [-0.25, -0.2) is 4.79 Å². The lowest BCUT2D eigenvalue weighted by atomic mass is 9.82. The molecule has 0 aromatic heterocycles. The lowest BCUT2D eigenvalue weighted by molar-refractivity contribution is -0.141. The standard InChI is InChI=1S/C26H30O4/c1-30-26(29)24-21(13-12-19-7-4-5-9-23(19)24)16-22(25(27)28)15-17-10-11-18-6-2-3-8-20(18)14-17/h10-14,22H,2-9,15-16H2,1H3,(H,27,28)/t22-/m1/s1. The SMILES string of the molecule is COC(=O)c1c(C[C@@H](Cc2ccc3c(c2)CCCC3)C(=O)O)ccc2c1CCCC2. The largest absolute Gasteiger partial charge is 0.481 e. The van der Waals surface area contributed by atoms with Gasteiger partial charge in [-0.2, -0.15) is 0 Å². The molecule has 4 heteroatoms. The van der Waals surface area contributed by atoms with E-state index in [1.54, 1.807) is 0 Å². The molecule has 2 aromatic carbocycles. The quantitative estimate of drug-likeness (QED) is 0.705. The summed E-state index contributed by atoms with van der Waals surface area (Å²) >= 11 is 0. The Morgan fingerprint density at radius 2 is 1.57 bits per heavy atom. The first-order valence-electron chi connectivity index (χ1n) is 11.1.